The van der Waals surface area contributed by atoms with Crippen LogP contribution in [0.3, 0.4) is 0 Å². The third-order valence-corrected chi connectivity index (χ3v) is 3.76. The molecule has 1 aromatic rings. The minimum absolute atomic E-state index is 0.350. The van der Waals surface area contributed by atoms with E-state index < -0.39 is 0 Å². The number of ether oxygens (including phenoxy) is 1. The van der Waals surface area contributed by atoms with Crippen molar-refractivity contribution in [2.75, 3.05) is 7.11 Å². The molecule has 0 aliphatic rings. The van der Waals surface area contributed by atoms with E-state index in [2.05, 4.69) is 6.92 Å². The Morgan fingerprint density at radius 3 is 2.75 bits per heavy atom. The van der Waals surface area contributed by atoms with Gasteiger partial charge in [0.25, 0.3) is 0 Å². The van der Waals surface area contributed by atoms with Crippen LogP contribution in [0.2, 0.25) is 0 Å². The Labute approximate surface area is 102 Å². The van der Waals surface area contributed by atoms with E-state index in [4.69, 9.17) is 4.74 Å². The standard InChI is InChI=1S/C13H22O2S/c1-3-4-5-6-7-8-11(14)13-12(15-2)9-10-16-13/h9-11,14H,3-8H2,1-2H3. The number of rotatable bonds is 8. The summed E-state index contributed by atoms with van der Waals surface area (Å²) >= 11 is 1.58. The number of aliphatic hydroxyl groups is 1. The Morgan fingerprint density at radius 1 is 1.31 bits per heavy atom. The Kier molecular flexibility index (Phi) is 6.50. The second-order valence-corrected chi connectivity index (χ2v) is 5.02. The molecule has 0 spiro atoms. The highest BCUT2D eigenvalue weighted by Crippen LogP contribution is 2.33. The molecule has 3 heteroatoms. The fourth-order valence-corrected chi connectivity index (χ4v) is 2.67. The Bertz CT molecular complexity index is 283. The SMILES string of the molecule is CCCCCCCC(O)c1sccc1OC. The van der Waals surface area contributed by atoms with E-state index in [1.165, 1.54) is 25.7 Å². The van der Waals surface area contributed by atoms with E-state index in [0.717, 1.165) is 23.5 Å². The molecular weight excluding hydrogens is 220 g/mol. The number of hydrogen-bond donors (Lipinski definition) is 1. The van der Waals surface area contributed by atoms with Crippen LogP contribution in [0, 0.1) is 0 Å². The summed E-state index contributed by atoms with van der Waals surface area (Å²) in [5.74, 6) is 0.825. The van der Waals surface area contributed by atoms with Crippen molar-refractivity contribution in [3.05, 3.63) is 16.3 Å². The second-order valence-electron chi connectivity index (χ2n) is 4.07. The molecule has 0 radical (unpaired) electrons. The number of hydrogen-bond acceptors (Lipinski definition) is 3. The summed E-state index contributed by atoms with van der Waals surface area (Å²) < 4.78 is 5.20. The van der Waals surface area contributed by atoms with Gasteiger partial charge in [0.15, 0.2) is 0 Å². The van der Waals surface area contributed by atoms with E-state index in [0.29, 0.717) is 0 Å². The third kappa shape index (κ3) is 4.14. The second kappa shape index (κ2) is 7.69. The fraction of sp³-hybridized carbons (Fsp3) is 0.692. The van der Waals surface area contributed by atoms with Gasteiger partial charge in [-0.15, -0.1) is 11.3 Å². The van der Waals surface area contributed by atoms with Crippen molar-refractivity contribution in [3.63, 3.8) is 0 Å². The molecule has 1 N–H and O–H groups in total. The minimum atomic E-state index is -0.350. The normalized spacial score (nSPS) is 12.7. The lowest BCUT2D eigenvalue weighted by molar-refractivity contribution is 0.163. The molecule has 0 saturated heterocycles. The zero-order valence-electron chi connectivity index (χ0n) is 10.2. The van der Waals surface area contributed by atoms with Gasteiger partial charge in [0.2, 0.25) is 0 Å². The Morgan fingerprint density at radius 2 is 2.06 bits per heavy atom. The van der Waals surface area contributed by atoms with Crippen molar-refractivity contribution in [1.82, 2.24) is 0 Å². The van der Waals surface area contributed by atoms with Gasteiger partial charge in [-0.05, 0) is 17.9 Å². The van der Waals surface area contributed by atoms with Crippen LogP contribution in [0.15, 0.2) is 11.4 Å². The Hall–Kier alpha value is -0.540. The lowest BCUT2D eigenvalue weighted by Gasteiger charge is -2.10. The predicted molar refractivity (Wildman–Crippen MR) is 69.2 cm³/mol. The maximum Gasteiger partial charge on any atom is 0.135 e. The molecule has 0 saturated carbocycles. The van der Waals surface area contributed by atoms with E-state index in [9.17, 15) is 5.11 Å². The molecule has 1 unspecified atom stereocenters. The average molecular weight is 242 g/mol. The third-order valence-electron chi connectivity index (χ3n) is 2.76. The van der Waals surface area contributed by atoms with Gasteiger partial charge in [0, 0.05) is 0 Å². The summed E-state index contributed by atoms with van der Waals surface area (Å²) in [7, 11) is 1.65. The van der Waals surface area contributed by atoms with E-state index in [-0.39, 0.29) is 6.10 Å². The first-order valence-electron chi connectivity index (χ1n) is 6.09. The quantitative estimate of drug-likeness (QED) is 0.694. The van der Waals surface area contributed by atoms with Crippen LogP contribution < -0.4 is 4.74 Å². The molecule has 0 aromatic carbocycles. The molecule has 2 nitrogen and oxygen atoms in total. The summed E-state index contributed by atoms with van der Waals surface area (Å²) in [5, 5.41) is 12.0. The summed E-state index contributed by atoms with van der Waals surface area (Å²) in [6.45, 7) is 2.21. The maximum atomic E-state index is 10.0. The van der Waals surface area contributed by atoms with Crippen LogP contribution in [0.25, 0.3) is 0 Å². The highest BCUT2D eigenvalue weighted by Gasteiger charge is 2.13. The molecular formula is C13H22O2S. The van der Waals surface area contributed by atoms with E-state index >= 15 is 0 Å². The van der Waals surface area contributed by atoms with E-state index in [1.54, 1.807) is 18.4 Å². The fourth-order valence-electron chi connectivity index (χ4n) is 1.79. The molecule has 16 heavy (non-hydrogen) atoms. The largest absolute Gasteiger partial charge is 0.495 e. The van der Waals surface area contributed by atoms with Crippen molar-refractivity contribution in [1.29, 1.82) is 0 Å². The molecule has 0 fully saturated rings. The molecule has 1 atom stereocenters. The number of methoxy groups -OCH3 is 1. The smallest absolute Gasteiger partial charge is 0.135 e. The van der Waals surface area contributed by atoms with Crippen molar-refractivity contribution < 1.29 is 9.84 Å². The van der Waals surface area contributed by atoms with Gasteiger partial charge in [-0.3, -0.25) is 0 Å². The molecule has 1 heterocycles. The monoisotopic (exact) mass is 242 g/mol. The van der Waals surface area contributed by atoms with Gasteiger partial charge in [0.1, 0.15) is 5.75 Å². The summed E-state index contributed by atoms with van der Waals surface area (Å²) in [6.07, 6.45) is 6.67. The summed E-state index contributed by atoms with van der Waals surface area (Å²) in [5.41, 5.74) is 0. The molecule has 92 valence electrons. The Balaban J connectivity index is 2.27. The van der Waals surface area contributed by atoms with Crippen molar-refractivity contribution in [3.8, 4) is 5.75 Å². The van der Waals surface area contributed by atoms with Gasteiger partial charge < -0.3 is 9.84 Å². The first kappa shape index (κ1) is 13.5. The topological polar surface area (TPSA) is 29.5 Å². The van der Waals surface area contributed by atoms with Crippen LogP contribution in [0.1, 0.15) is 56.4 Å². The van der Waals surface area contributed by atoms with Crippen molar-refractivity contribution >= 4 is 11.3 Å². The number of unbranched alkanes of at least 4 members (excludes halogenated alkanes) is 4. The zero-order chi connectivity index (χ0) is 11.8. The zero-order valence-corrected chi connectivity index (χ0v) is 11.1. The summed E-state index contributed by atoms with van der Waals surface area (Å²) in [4.78, 5) is 0.970. The average Bonchev–Trinajstić information content (AvgIpc) is 2.76. The van der Waals surface area contributed by atoms with Gasteiger partial charge >= 0.3 is 0 Å². The molecule has 1 aromatic heterocycles. The van der Waals surface area contributed by atoms with Crippen molar-refractivity contribution in [2.24, 2.45) is 0 Å². The number of aliphatic hydroxyl groups excluding tert-OH is 1. The molecule has 0 aliphatic carbocycles. The molecule has 1 rings (SSSR count). The first-order valence-corrected chi connectivity index (χ1v) is 6.97. The van der Waals surface area contributed by atoms with Gasteiger partial charge in [-0.2, -0.15) is 0 Å². The van der Waals surface area contributed by atoms with Crippen LogP contribution in [0.5, 0.6) is 5.75 Å². The van der Waals surface area contributed by atoms with Crippen LogP contribution in [-0.2, 0) is 0 Å². The van der Waals surface area contributed by atoms with Crippen molar-refractivity contribution in [2.45, 2.75) is 51.6 Å². The maximum absolute atomic E-state index is 10.0. The number of thiophene rings is 1. The lowest BCUT2D eigenvalue weighted by Crippen LogP contribution is -1.97. The summed E-state index contributed by atoms with van der Waals surface area (Å²) in [6, 6.07) is 1.92. The van der Waals surface area contributed by atoms with E-state index in [1.807, 2.05) is 11.4 Å². The van der Waals surface area contributed by atoms with Gasteiger partial charge in [-0.1, -0.05) is 39.0 Å². The molecule has 0 aliphatic heterocycles. The van der Waals surface area contributed by atoms with Gasteiger partial charge in [0.05, 0.1) is 18.1 Å². The van der Waals surface area contributed by atoms with Crippen LogP contribution in [-0.4, -0.2) is 12.2 Å². The highest BCUT2D eigenvalue weighted by molar-refractivity contribution is 7.10. The molecule has 0 amide bonds. The lowest BCUT2D eigenvalue weighted by atomic mass is 10.1. The van der Waals surface area contributed by atoms with Gasteiger partial charge in [-0.25, -0.2) is 0 Å². The van der Waals surface area contributed by atoms with Crippen LogP contribution in [0.4, 0.5) is 0 Å². The highest BCUT2D eigenvalue weighted by atomic mass is 32.1. The van der Waals surface area contributed by atoms with Crippen LogP contribution >= 0.6 is 11.3 Å². The molecule has 0 bridgehead atoms. The first-order chi connectivity index (χ1) is 7.79. The predicted octanol–water partition coefficient (Wildman–Crippen LogP) is 4.15. The minimum Gasteiger partial charge on any atom is -0.495 e.